The maximum absolute atomic E-state index is 10.8. The number of aromatic nitrogens is 1. The number of hydrogen-bond acceptors (Lipinski definition) is 5. The minimum atomic E-state index is -0.458. The highest BCUT2D eigenvalue weighted by molar-refractivity contribution is 5.56. The van der Waals surface area contributed by atoms with Crippen LogP contribution in [0.3, 0.4) is 0 Å². The number of rotatable bonds is 6. The van der Waals surface area contributed by atoms with E-state index in [9.17, 15) is 10.1 Å². The van der Waals surface area contributed by atoms with Crippen molar-refractivity contribution in [2.45, 2.75) is 32.7 Å². The first-order valence-electron chi connectivity index (χ1n) is 5.58. The van der Waals surface area contributed by atoms with Crippen molar-refractivity contribution >= 4 is 11.5 Å². The lowest BCUT2D eigenvalue weighted by Gasteiger charge is -2.16. The molecule has 94 valence electrons. The molecule has 0 amide bonds. The van der Waals surface area contributed by atoms with Crippen LogP contribution in [0.5, 0.6) is 0 Å². The van der Waals surface area contributed by atoms with Crippen LogP contribution in [0, 0.1) is 17.0 Å². The summed E-state index contributed by atoms with van der Waals surface area (Å²) in [6.45, 7) is 3.78. The summed E-state index contributed by atoms with van der Waals surface area (Å²) in [5, 5.41) is 22.7. The predicted molar refractivity (Wildman–Crippen MR) is 65.0 cm³/mol. The number of nitrogens with zero attached hydrogens (tertiary/aromatic N) is 2. The van der Waals surface area contributed by atoms with Crippen molar-refractivity contribution in [1.82, 2.24) is 4.98 Å². The molecule has 6 nitrogen and oxygen atoms in total. The number of nitrogens with one attached hydrogen (secondary N) is 1. The molecule has 0 bridgehead atoms. The summed E-state index contributed by atoms with van der Waals surface area (Å²) in [6, 6.07) is 3.04. The Bertz CT molecular complexity index is 396. The number of aliphatic hydroxyl groups excluding tert-OH is 1. The quantitative estimate of drug-likeness (QED) is 0.584. The maximum Gasteiger partial charge on any atom is 0.311 e. The third-order valence-corrected chi connectivity index (χ3v) is 2.52. The molecule has 1 heterocycles. The van der Waals surface area contributed by atoms with Gasteiger partial charge in [0.1, 0.15) is 0 Å². The molecule has 0 spiro atoms. The maximum atomic E-state index is 10.8. The van der Waals surface area contributed by atoms with E-state index in [0.717, 1.165) is 12.1 Å². The second kappa shape index (κ2) is 6.15. The largest absolute Gasteiger partial charge is 0.396 e. The van der Waals surface area contributed by atoms with Gasteiger partial charge in [-0.2, -0.15) is 0 Å². The van der Waals surface area contributed by atoms with E-state index < -0.39 is 4.92 Å². The standard InChI is InChI=1S/C11H17N3O3/c1-3-9(6-7-15)13-11-10(14(16)17)5-4-8(2)12-11/h4-5,9,15H,3,6-7H2,1-2H3,(H,12,13). The average Bonchev–Trinajstić information content (AvgIpc) is 2.28. The minimum Gasteiger partial charge on any atom is -0.396 e. The summed E-state index contributed by atoms with van der Waals surface area (Å²) in [5.74, 6) is 0.273. The second-order valence-electron chi connectivity index (χ2n) is 3.84. The Kier molecular flexibility index (Phi) is 4.84. The number of aliphatic hydroxyl groups is 1. The van der Waals surface area contributed by atoms with Crippen LogP contribution in [0.1, 0.15) is 25.5 Å². The predicted octanol–water partition coefficient (Wildman–Crippen LogP) is 1.87. The van der Waals surface area contributed by atoms with E-state index in [1.54, 1.807) is 13.0 Å². The van der Waals surface area contributed by atoms with E-state index in [4.69, 9.17) is 5.11 Å². The molecule has 6 heteroatoms. The average molecular weight is 239 g/mol. The van der Waals surface area contributed by atoms with Gasteiger partial charge in [0.15, 0.2) is 0 Å². The normalized spacial score (nSPS) is 12.2. The molecular formula is C11H17N3O3. The van der Waals surface area contributed by atoms with Crippen molar-refractivity contribution in [2.24, 2.45) is 0 Å². The van der Waals surface area contributed by atoms with Gasteiger partial charge in [0.25, 0.3) is 0 Å². The summed E-state index contributed by atoms with van der Waals surface area (Å²) in [7, 11) is 0. The molecule has 0 saturated carbocycles. The van der Waals surface area contributed by atoms with Crippen molar-refractivity contribution in [3.05, 3.63) is 27.9 Å². The molecule has 1 rings (SSSR count). The molecule has 1 aromatic heterocycles. The van der Waals surface area contributed by atoms with Crippen molar-refractivity contribution in [3.63, 3.8) is 0 Å². The third-order valence-electron chi connectivity index (χ3n) is 2.52. The Hall–Kier alpha value is -1.69. The van der Waals surface area contributed by atoms with Gasteiger partial charge in [-0.1, -0.05) is 6.92 Å². The Morgan fingerprint density at radius 1 is 1.59 bits per heavy atom. The lowest BCUT2D eigenvalue weighted by molar-refractivity contribution is -0.384. The Morgan fingerprint density at radius 2 is 2.29 bits per heavy atom. The van der Waals surface area contributed by atoms with Gasteiger partial charge in [-0.25, -0.2) is 4.98 Å². The fourth-order valence-corrected chi connectivity index (χ4v) is 1.53. The van der Waals surface area contributed by atoms with Gasteiger partial charge in [-0.3, -0.25) is 10.1 Å². The molecule has 0 aliphatic heterocycles. The van der Waals surface area contributed by atoms with Crippen molar-refractivity contribution < 1.29 is 10.0 Å². The molecular weight excluding hydrogens is 222 g/mol. The third kappa shape index (κ3) is 3.67. The van der Waals surface area contributed by atoms with Crippen LogP contribution in [-0.4, -0.2) is 27.7 Å². The van der Waals surface area contributed by atoms with Crippen LogP contribution in [0.15, 0.2) is 12.1 Å². The molecule has 0 radical (unpaired) electrons. The number of pyridine rings is 1. The zero-order valence-corrected chi connectivity index (χ0v) is 10.0. The molecule has 1 atom stereocenters. The van der Waals surface area contributed by atoms with Crippen molar-refractivity contribution in [3.8, 4) is 0 Å². The Labute approximate surface area is 99.8 Å². The van der Waals surface area contributed by atoms with Crippen LogP contribution in [0.25, 0.3) is 0 Å². The summed E-state index contributed by atoms with van der Waals surface area (Å²) in [5.41, 5.74) is 0.684. The lowest BCUT2D eigenvalue weighted by Crippen LogP contribution is -2.21. The number of hydrogen-bond donors (Lipinski definition) is 2. The zero-order chi connectivity index (χ0) is 12.8. The van der Waals surface area contributed by atoms with E-state index in [0.29, 0.717) is 6.42 Å². The van der Waals surface area contributed by atoms with Crippen LogP contribution < -0.4 is 5.32 Å². The highest BCUT2D eigenvalue weighted by Crippen LogP contribution is 2.23. The molecule has 17 heavy (non-hydrogen) atoms. The number of aryl methyl sites for hydroxylation is 1. The molecule has 2 N–H and O–H groups in total. The van der Waals surface area contributed by atoms with Crippen LogP contribution in [-0.2, 0) is 0 Å². The topological polar surface area (TPSA) is 88.3 Å². The minimum absolute atomic E-state index is 0.00648. The van der Waals surface area contributed by atoms with Gasteiger partial charge in [0.2, 0.25) is 5.82 Å². The van der Waals surface area contributed by atoms with E-state index in [-0.39, 0.29) is 24.2 Å². The first-order valence-corrected chi connectivity index (χ1v) is 5.58. The van der Waals surface area contributed by atoms with E-state index in [1.807, 2.05) is 6.92 Å². The summed E-state index contributed by atoms with van der Waals surface area (Å²) in [4.78, 5) is 14.5. The summed E-state index contributed by atoms with van der Waals surface area (Å²) in [6.07, 6.45) is 1.32. The van der Waals surface area contributed by atoms with Gasteiger partial charge < -0.3 is 10.4 Å². The van der Waals surface area contributed by atoms with Gasteiger partial charge in [0, 0.05) is 24.4 Å². The van der Waals surface area contributed by atoms with Crippen LogP contribution in [0.2, 0.25) is 0 Å². The first-order chi connectivity index (χ1) is 8.08. The molecule has 0 aliphatic rings. The molecule has 1 unspecified atom stereocenters. The van der Waals surface area contributed by atoms with Crippen molar-refractivity contribution in [1.29, 1.82) is 0 Å². The van der Waals surface area contributed by atoms with E-state index in [1.165, 1.54) is 6.07 Å². The highest BCUT2D eigenvalue weighted by atomic mass is 16.6. The lowest BCUT2D eigenvalue weighted by atomic mass is 10.1. The molecule has 0 saturated heterocycles. The molecule has 0 aliphatic carbocycles. The Morgan fingerprint density at radius 3 is 2.82 bits per heavy atom. The van der Waals surface area contributed by atoms with Crippen LogP contribution >= 0.6 is 0 Å². The van der Waals surface area contributed by atoms with Crippen molar-refractivity contribution in [2.75, 3.05) is 11.9 Å². The van der Waals surface area contributed by atoms with Gasteiger partial charge in [0.05, 0.1) is 4.92 Å². The van der Waals surface area contributed by atoms with Gasteiger partial charge >= 0.3 is 5.69 Å². The highest BCUT2D eigenvalue weighted by Gasteiger charge is 2.17. The number of nitro groups is 1. The first kappa shape index (κ1) is 13.4. The fraction of sp³-hybridized carbons (Fsp3) is 0.545. The smallest absolute Gasteiger partial charge is 0.311 e. The second-order valence-corrected chi connectivity index (χ2v) is 3.84. The molecule has 1 aromatic rings. The summed E-state index contributed by atoms with van der Waals surface area (Å²) < 4.78 is 0. The van der Waals surface area contributed by atoms with Gasteiger partial charge in [-0.15, -0.1) is 0 Å². The SMILES string of the molecule is CCC(CCO)Nc1nc(C)ccc1[N+](=O)[O-]. The molecule has 0 aromatic carbocycles. The fourth-order valence-electron chi connectivity index (χ4n) is 1.53. The Balaban J connectivity index is 2.94. The van der Waals surface area contributed by atoms with E-state index >= 15 is 0 Å². The van der Waals surface area contributed by atoms with E-state index in [2.05, 4.69) is 10.3 Å². The van der Waals surface area contributed by atoms with Crippen LogP contribution in [0.4, 0.5) is 11.5 Å². The molecule has 0 fully saturated rings. The number of anilines is 1. The zero-order valence-electron chi connectivity index (χ0n) is 10.0. The summed E-state index contributed by atoms with van der Waals surface area (Å²) >= 11 is 0. The monoisotopic (exact) mass is 239 g/mol. The van der Waals surface area contributed by atoms with Gasteiger partial charge in [-0.05, 0) is 25.8 Å².